The molecule has 2 aliphatic rings. The van der Waals surface area contributed by atoms with Crippen LogP contribution in [0.2, 0.25) is 10.0 Å². The number of amides is 3. The number of rotatable bonds is 10. The van der Waals surface area contributed by atoms with Crippen molar-refractivity contribution in [1.29, 1.82) is 0 Å². The number of halogens is 2. The van der Waals surface area contributed by atoms with Crippen LogP contribution in [-0.4, -0.2) is 53.1 Å². The fourth-order valence-electron chi connectivity index (χ4n) is 4.28. The van der Waals surface area contributed by atoms with E-state index in [1.807, 2.05) is 13.0 Å². The van der Waals surface area contributed by atoms with Crippen LogP contribution in [0, 0.1) is 0 Å². The molecule has 3 amide bonds. The highest BCUT2D eigenvalue weighted by Gasteiger charge is 2.37. The maximum Gasteiger partial charge on any atom is 0.294 e. The second kappa shape index (κ2) is 12.7. The Morgan fingerprint density at radius 3 is 2.55 bits per heavy atom. The quantitative estimate of drug-likeness (QED) is 0.243. The monoisotopic (exact) mass is 574 g/mol. The zero-order chi connectivity index (χ0) is 27.2. The third kappa shape index (κ3) is 6.54. The molecule has 38 heavy (non-hydrogen) atoms. The highest BCUT2D eigenvalue weighted by atomic mass is 35.5. The number of imide groups is 1. The highest BCUT2D eigenvalue weighted by Crippen LogP contribution is 2.38. The van der Waals surface area contributed by atoms with Crippen molar-refractivity contribution in [1.82, 2.24) is 9.80 Å². The predicted molar refractivity (Wildman–Crippen MR) is 151 cm³/mol. The van der Waals surface area contributed by atoms with Gasteiger partial charge in [0.25, 0.3) is 11.1 Å². The molecule has 0 atom stereocenters. The lowest BCUT2D eigenvalue weighted by atomic mass is 10.0. The fourth-order valence-corrected chi connectivity index (χ4v) is 5.58. The molecule has 2 fully saturated rings. The standard InChI is InChI=1S/C28H28Cl2N2O5S/c1-3-7-19-12-18(13-23(36-4-2)26(19)37-17-20-8-9-21(29)15-22(20)30)14-24-27(34)32(28(35)38-24)16-25(33)31-10-5-6-11-31/h3,8-9,12-15H,1,4-7,10-11,16-17H2,2H3/b24-14+. The maximum atomic E-state index is 13.0. The maximum absolute atomic E-state index is 13.0. The summed E-state index contributed by atoms with van der Waals surface area (Å²) in [6, 6.07) is 8.83. The highest BCUT2D eigenvalue weighted by molar-refractivity contribution is 8.18. The lowest BCUT2D eigenvalue weighted by Gasteiger charge is -2.19. The van der Waals surface area contributed by atoms with Gasteiger partial charge in [0.05, 0.1) is 11.5 Å². The molecule has 0 spiro atoms. The number of thioether (sulfide) groups is 1. The lowest BCUT2D eigenvalue weighted by molar-refractivity contribution is -0.135. The van der Waals surface area contributed by atoms with Gasteiger partial charge in [-0.3, -0.25) is 19.3 Å². The molecular weight excluding hydrogens is 547 g/mol. The predicted octanol–water partition coefficient (Wildman–Crippen LogP) is 6.36. The molecule has 0 N–H and O–H groups in total. The van der Waals surface area contributed by atoms with Crippen molar-refractivity contribution in [2.75, 3.05) is 26.2 Å². The summed E-state index contributed by atoms with van der Waals surface area (Å²) in [6.07, 6.45) is 5.75. The molecule has 0 aliphatic carbocycles. The molecule has 0 saturated carbocycles. The van der Waals surface area contributed by atoms with E-state index in [9.17, 15) is 14.4 Å². The first-order valence-electron chi connectivity index (χ1n) is 12.3. The van der Waals surface area contributed by atoms with Crippen molar-refractivity contribution in [3.8, 4) is 11.5 Å². The third-order valence-corrected chi connectivity index (χ3v) is 7.62. The third-order valence-electron chi connectivity index (χ3n) is 6.13. The smallest absolute Gasteiger partial charge is 0.294 e. The van der Waals surface area contributed by atoms with Gasteiger partial charge in [-0.15, -0.1) is 6.58 Å². The minimum atomic E-state index is -0.478. The Bertz CT molecular complexity index is 1290. The Morgan fingerprint density at radius 1 is 1.11 bits per heavy atom. The van der Waals surface area contributed by atoms with Crippen LogP contribution in [0.4, 0.5) is 4.79 Å². The van der Waals surface area contributed by atoms with E-state index in [0.29, 0.717) is 53.2 Å². The fraction of sp³-hybridized carbons (Fsp3) is 0.321. The first kappa shape index (κ1) is 28.1. The van der Waals surface area contributed by atoms with Gasteiger partial charge in [-0.2, -0.15) is 0 Å². The molecule has 0 bridgehead atoms. The van der Waals surface area contributed by atoms with Crippen LogP contribution in [0.15, 0.2) is 47.9 Å². The Balaban J connectivity index is 1.58. The average Bonchev–Trinajstić information content (AvgIpc) is 3.50. The number of nitrogens with zero attached hydrogens (tertiary/aromatic N) is 2. The summed E-state index contributed by atoms with van der Waals surface area (Å²) < 4.78 is 12.0. The van der Waals surface area contributed by atoms with Crippen molar-refractivity contribution >= 4 is 58.1 Å². The van der Waals surface area contributed by atoms with Gasteiger partial charge < -0.3 is 14.4 Å². The summed E-state index contributed by atoms with van der Waals surface area (Å²) in [5, 5.41) is 0.580. The second-order valence-electron chi connectivity index (χ2n) is 8.81. The van der Waals surface area contributed by atoms with Crippen LogP contribution in [0.5, 0.6) is 11.5 Å². The number of ether oxygens (including phenoxy) is 2. The molecule has 200 valence electrons. The Kier molecular flexibility index (Phi) is 9.41. The first-order valence-corrected chi connectivity index (χ1v) is 13.9. The zero-order valence-electron chi connectivity index (χ0n) is 21.0. The minimum Gasteiger partial charge on any atom is -0.490 e. The molecule has 0 radical (unpaired) electrons. The first-order chi connectivity index (χ1) is 18.3. The number of carbonyl (C=O) groups is 3. The van der Waals surface area contributed by atoms with Gasteiger partial charge in [0, 0.05) is 34.3 Å². The zero-order valence-corrected chi connectivity index (χ0v) is 23.3. The van der Waals surface area contributed by atoms with Crippen molar-refractivity contribution < 1.29 is 23.9 Å². The van der Waals surface area contributed by atoms with Gasteiger partial charge in [-0.1, -0.05) is 35.3 Å². The number of likely N-dealkylation sites (tertiary alicyclic amines) is 1. The second-order valence-corrected chi connectivity index (χ2v) is 10.7. The SMILES string of the molecule is C=CCc1cc(/C=C2/SC(=O)N(CC(=O)N3CCCC3)C2=O)cc(OCC)c1OCc1ccc(Cl)cc1Cl. The van der Waals surface area contributed by atoms with Crippen LogP contribution >= 0.6 is 35.0 Å². The number of hydrogen-bond acceptors (Lipinski definition) is 6. The van der Waals surface area contributed by atoms with Crippen LogP contribution in [-0.2, 0) is 22.6 Å². The van der Waals surface area contributed by atoms with Crippen LogP contribution < -0.4 is 9.47 Å². The minimum absolute atomic E-state index is 0.198. The van der Waals surface area contributed by atoms with Crippen molar-refractivity contribution in [2.24, 2.45) is 0 Å². The van der Waals surface area contributed by atoms with E-state index in [4.69, 9.17) is 32.7 Å². The molecule has 2 aliphatic heterocycles. The molecule has 7 nitrogen and oxygen atoms in total. The average molecular weight is 576 g/mol. The number of benzene rings is 2. The van der Waals surface area contributed by atoms with Crippen molar-refractivity contribution in [3.05, 3.63) is 74.6 Å². The van der Waals surface area contributed by atoms with Crippen molar-refractivity contribution in [2.45, 2.75) is 32.8 Å². The molecule has 10 heteroatoms. The molecule has 2 saturated heterocycles. The van der Waals surface area contributed by atoms with E-state index in [0.717, 1.165) is 40.6 Å². The summed E-state index contributed by atoms with van der Waals surface area (Å²) in [6.45, 7) is 7.38. The molecular formula is C28H28Cl2N2O5S. The normalized spacial score (nSPS) is 16.4. The largest absolute Gasteiger partial charge is 0.490 e. The van der Waals surface area contributed by atoms with Gasteiger partial charge >= 0.3 is 0 Å². The van der Waals surface area contributed by atoms with Crippen LogP contribution in [0.1, 0.15) is 36.5 Å². The molecule has 2 aromatic carbocycles. The summed E-state index contributed by atoms with van der Waals surface area (Å²) in [4.78, 5) is 41.1. The summed E-state index contributed by atoms with van der Waals surface area (Å²) >= 11 is 13.1. The van der Waals surface area contributed by atoms with E-state index >= 15 is 0 Å². The van der Waals surface area contributed by atoms with Crippen LogP contribution in [0.25, 0.3) is 6.08 Å². The van der Waals surface area contributed by atoms with E-state index in [-0.39, 0.29) is 24.0 Å². The number of carbonyl (C=O) groups excluding carboxylic acids is 3. The number of hydrogen-bond donors (Lipinski definition) is 0. The van der Waals surface area contributed by atoms with Gasteiger partial charge in [0.2, 0.25) is 5.91 Å². The summed E-state index contributed by atoms with van der Waals surface area (Å²) in [5.41, 5.74) is 2.23. The molecule has 2 aromatic rings. The van der Waals surface area contributed by atoms with Crippen LogP contribution in [0.3, 0.4) is 0 Å². The van der Waals surface area contributed by atoms with E-state index in [1.165, 1.54) is 0 Å². The molecule has 4 rings (SSSR count). The molecule has 0 unspecified atom stereocenters. The molecule has 2 heterocycles. The van der Waals surface area contributed by atoms with Crippen molar-refractivity contribution in [3.63, 3.8) is 0 Å². The van der Waals surface area contributed by atoms with Gasteiger partial charge in [0.1, 0.15) is 13.2 Å². The van der Waals surface area contributed by atoms with E-state index < -0.39 is 11.1 Å². The Morgan fingerprint density at radius 2 is 1.87 bits per heavy atom. The Labute approximate surface area is 236 Å². The number of allylic oxidation sites excluding steroid dienone is 1. The summed E-state index contributed by atoms with van der Waals surface area (Å²) in [7, 11) is 0. The Hall–Kier alpha value is -2.94. The van der Waals surface area contributed by atoms with Gasteiger partial charge in [-0.25, -0.2) is 0 Å². The topological polar surface area (TPSA) is 76.2 Å². The lowest BCUT2D eigenvalue weighted by Crippen LogP contribution is -2.40. The van der Waals surface area contributed by atoms with E-state index in [1.54, 1.807) is 41.3 Å². The molecule has 0 aromatic heterocycles. The van der Waals surface area contributed by atoms with E-state index in [2.05, 4.69) is 6.58 Å². The summed E-state index contributed by atoms with van der Waals surface area (Å²) in [5.74, 6) is 0.347. The van der Waals surface area contributed by atoms with Gasteiger partial charge in [0.15, 0.2) is 11.5 Å². The van der Waals surface area contributed by atoms with Gasteiger partial charge in [-0.05, 0) is 73.9 Å².